The van der Waals surface area contributed by atoms with Crippen LogP contribution in [0.25, 0.3) is 22.2 Å². The van der Waals surface area contributed by atoms with Crippen LogP contribution in [-0.2, 0) is 11.3 Å². The number of imidazole rings is 1. The fourth-order valence-corrected chi connectivity index (χ4v) is 3.34. The van der Waals surface area contributed by atoms with E-state index in [1.54, 1.807) is 0 Å². The molecule has 0 unspecified atom stereocenters. The number of rotatable bonds is 2. The normalized spacial score (nSPS) is 13.7. The van der Waals surface area contributed by atoms with E-state index >= 15 is 0 Å². The molecule has 0 saturated carbocycles. The third kappa shape index (κ3) is 2.55. The zero-order chi connectivity index (χ0) is 18.6. The number of esters is 1. The molecule has 0 saturated heterocycles. The monoisotopic (exact) mass is 355 g/mol. The molecule has 7 nitrogen and oxygen atoms in total. The molecular weight excluding hydrogens is 334 g/mol. The van der Waals surface area contributed by atoms with E-state index in [4.69, 9.17) is 14.0 Å². The Morgan fingerprint density at radius 1 is 1.27 bits per heavy atom. The Balaban J connectivity index is 1.92. The van der Waals surface area contributed by atoms with Crippen LogP contribution < -0.4 is 4.74 Å². The van der Waals surface area contributed by atoms with E-state index < -0.39 is 11.6 Å². The average molecular weight is 355 g/mol. The minimum Gasteiger partial charge on any atom is -0.489 e. The third-order valence-electron chi connectivity index (χ3n) is 4.31. The quantitative estimate of drug-likeness (QED) is 0.653. The molecule has 0 fully saturated rings. The number of nitrogens with zero attached hydrogens (tertiary/aromatic N) is 3. The van der Waals surface area contributed by atoms with Gasteiger partial charge in [-0.1, -0.05) is 5.16 Å². The van der Waals surface area contributed by atoms with Gasteiger partial charge < -0.3 is 18.6 Å². The Morgan fingerprint density at radius 3 is 2.69 bits per heavy atom. The summed E-state index contributed by atoms with van der Waals surface area (Å²) < 4.78 is 18.7. The minimum absolute atomic E-state index is 0.301. The molecule has 0 atom stereocenters. The van der Waals surface area contributed by atoms with Gasteiger partial charge >= 0.3 is 5.97 Å². The van der Waals surface area contributed by atoms with E-state index in [1.165, 1.54) is 0 Å². The Bertz CT molecular complexity index is 1000. The summed E-state index contributed by atoms with van der Waals surface area (Å²) >= 11 is 0. The van der Waals surface area contributed by atoms with Crippen molar-refractivity contribution in [3.05, 3.63) is 29.4 Å². The lowest BCUT2D eigenvalue weighted by atomic mass is 10.0. The first-order valence-electron chi connectivity index (χ1n) is 8.59. The summed E-state index contributed by atoms with van der Waals surface area (Å²) in [4.78, 5) is 17.1. The predicted molar refractivity (Wildman–Crippen MR) is 95.4 cm³/mol. The highest BCUT2D eigenvalue weighted by Gasteiger charge is 2.29. The first kappa shape index (κ1) is 16.6. The van der Waals surface area contributed by atoms with Crippen LogP contribution in [0, 0.1) is 13.8 Å². The van der Waals surface area contributed by atoms with Gasteiger partial charge in [0.15, 0.2) is 5.75 Å². The molecule has 3 aromatic rings. The molecule has 26 heavy (non-hydrogen) atoms. The maximum Gasteiger partial charge on any atom is 0.375 e. The van der Waals surface area contributed by atoms with Crippen LogP contribution in [0.1, 0.15) is 42.8 Å². The van der Waals surface area contributed by atoms with Crippen molar-refractivity contribution in [1.29, 1.82) is 0 Å². The standard InChI is InChI=1S/C19H21N3O4/c1-10-14(11(2)26-21-10)12-6-7-13-15-16(12)24-9-8-22(15)17(20-13)18(23)25-19(3,4)5/h6-7H,8-9H2,1-5H3. The number of hydrogen-bond donors (Lipinski definition) is 0. The van der Waals surface area contributed by atoms with Crippen LogP contribution in [0.2, 0.25) is 0 Å². The molecule has 0 N–H and O–H groups in total. The average Bonchev–Trinajstić information content (AvgIpc) is 3.09. The molecule has 0 bridgehead atoms. The molecule has 0 radical (unpaired) electrons. The van der Waals surface area contributed by atoms with Crippen molar-refractivity contribution in [1.82, 2.24) is 14.7 Å². The number of aryl methyl sites for hydroxylation is 2. The van der Waals surface area contributed by atoms with Gasteiger partial charge in [0.05, 0.1) is 23.3 Å². The number of carbonyl (C=O) groups is 1. The van der Waals surface area contributed by atoms with Crippen molar-refractivity contribution in [2.75, 3.05) is 6.61 Å². The molecule has 1 aliphatic heterocycles. The molecule has 7 heteroatoms. The van der Waals surface area contributed by atoms with Crippen molar-refractivity contribution in [2.45, 2.75) is 46.8 Å². The number of ether oxygens (including phenoxy) is 2. The summed E-state index contributed by atoms with van der Waals surface area (Å²) in [6.45, 7) is 10.3. The second-order valence-corrected chi connectivity index (χ2v) is 7.45. The Hall–Kier alpha value is -2.83. The van der Waals surface area contributed by atoms with Crippen molar-refractivity contribution >= 4 is 17.0 Å². The van der Waals surface area contributed by atoms with E-state index in [0.29, 0.717) is 30.2 Å². The van der Waals surface area contributed by atoms with E-state index in [1.807, 2.05) is 51.3 Å². The lowest BCUT2D eigenvalue weighted by Gasteiger charge is -2.22. The molecule has 1 aliphatic rings. The van der Waals surface area contributed by atoms with Gasteiger partial charge in [-0.15, -0.1) is 0 Å². The van der Waals surface area contributed by atoms with Gasteiger partial charge in [0.1, 0.15) is 23.5 Å². The molecule has 1 aromatic carbocycles. The Morgan fingerprint density at radius 2 is 2.04 bits per heavy atom. The number of hydrogen-bond acceptors (Lipinski definition) is 6. The summed E-state index contributed by atoms with van der Waals surface area (Å²) in [5.74, 6) is 1.30. The van der Waals surface area contributed by atoms with Gasteiger partial charge in [-0.05, 0) is 46.8 Å². The SMILES string of the molecule is Cc1noc(C)c1-c1ccc2nc(C(=O)OC(C)(C)C)n3c2c1OCC3. The highest BCUT2D eigenvalue weighted by atomic mass is 16.6. The van der Waals surface area contributed by atoms with Gasteiger partial charge in [-0.3, -0.25) is 0 Å². The second kappa shape index (κ2) is 5.59. The van der Waals surface area contributed by atoms with Crippen LogP contribution in [0.4, 0.5) is 0 Å². The fourth-order valence-electron chi connectivity index (χ4n) is 3.34. The molecule has 136 valence electrons. The molecule has 4 rings (SSSR count). The van der Waals surface area contributed by atoms with Gasteiger partial charge in [0.2, 0.25) is 5.82 Å². The van der Waals surface area contributed by atoms with Crippen molar-refractivity contribution < 1.29 is 18.8 Å². The number of benzene rings is 1. The zero-order valence-electron chi connectivity index (χ0n) is 15.5. The van der Waals surface area contributed by atoms with Crippen molar-refractivity contribution in [2.24, 2.45) is 0 Å². The molecule has 0 aliphatic carbocycles. The van der Waals surface area contributed by atoms with Crippen LogP contribution in [0.15, 0.2) is 16.7 Å². The highest BCUT2D eigenvalue weighted by molar-refractivity contribution is 5.97. The summed E-state index contributed by atoms with van der Waals surface area (Å²) in [7, 11) is 0. The first-order valence-corrected chi connectivity index (χ1v) is 8.59. The van der Waals surface area contributed by atoms with Gasteiger partial charge in [0.25, 0.3) is 0 Å². The van der Waals surface area contributed by atoms with E-state index in [0.717, 1.165) is 28.1 Å². The molecule has 2 aromatic heterocycles. The van der Waals surface area contributed by atoms with Crippen LogP contribution in [-0.4, -0.2) is 32.9 Å². The number of carbonyl (C=O) groups excluding carboxylic acids is 1. The highest BCUT2D eigenvalue weighted by Crippen LogP contribution is 2.41. The largest absolute Gasteiger partial charge is 0.489 e. The molecule has 3 heterocycles. The van der Waals surface area contributed by atoms with Crippen LogP contribution >= 0.6 is 0 Å². The Labute approximate surface area is 150 Å². The van der Waals surface area contributed by atoms with Crippen molar-refractivity contribution in [3.63, 3.8) is 0 Å². The first-order chi connectivity index (χ1) is 12.3. The summed E-state index contributed by atoms with van der Waals surface area (Å²) in [5, 5.41) is 4.04. The summed E-state index contributed by atoms with van der Waals surface area (Å²) in [6, 6.07) is 3.82. The van der Waals surface area contributed by atoms with Crippen LogP contribution in [0.3, 0.4) is 0 Å². The maximum atomic E-state index is 12.6. The number of aromatic nitrogens is 3. The summed E-state index contributed by atoms with van der Waals surface area (Å²) in [5.41, 5.74) is 3.53. The minimum atomic E-state index is -0.578. The smallest absolute Gasteiger partial charge is 0.375 e. The fraction of sp³-hybridized carbons (Fsp3) is 0.421. The lowest BCUT2D eigenvalue weighted by molar-refractivity contribution is 0.00500. The topological polar surface area (TPSA) is 79.4 Å². The summed E-state index contributed by atoms with van der Waals surface area (Å²) in [6.07, 6.45) is 0. The maximum absolute atomic E-state index is 12.6. The van der Waals surface area contributed by atoms with Gasteiger partial charge in [0, 0.05) is 5.56 Å². The second-order valence-electron chi connectivity index (χ2n) is 7.45. The van der Waals surface area contributed by atoms with E-state index in [-0.39, 0.29) is 0 Å². The van der Waals surface area contributed by atoms with E-state index in [2.05, 4.69) is 10.1 Å². The van der Waals surface area contributed by atoms with Crippen LogP contribution in [0.5, 0.6) is 5.75 Å². The predicted octanol–water partition coefficient (Wildman–Crippen LogP) is 3.66. The molecular formula is C19H21N3O4. The Kier molecular flexibility index (Phi) is 3.57. The molecule has 0 amide bonds. The van der Waals surface area contributed by atoms with Gasteiger partial charge in [-0.2, -0.15) is 0 Å². The molecule has 0 spiro atoms. The van der Waals surface area contributed by atoms with Gasteiger partial charge in [-0.25, -0.2) is 9.78 Å². The van der Waals surface area contributed by atoms with E-state index in [9.17, 15) is 4.79 Å². The zero-order valence-corrected chi connectivity index (χ0v) is 15.5. The third-order valence-corrected chi connectivity index (χ3v) is 4.31. The lowest BCUT2D eigenvalue weighted by Crippen LogP contribution is -2.27. The van der Waals surface area contributed by atoms with Crippen molar-refractivity contribution in [3.8, 4) is 16.9 Å².